The summed E-state index contributed by atoms with van der Waals surface area (Å²) < 4.78 is 10.8. The van der Waals surface area contributed by atoms with Gasteiger partial charge < -0.3 is 9.47 Å². The standard InChI is InChI=1S/C17H28O2/c1-6-8-9-14-11-16(18-4)17(19-5)12-15(14)10-13(3)7-2/h11-13H,6-10H2,1-5H3. The summed E-state index contributed by atoms with van der Waals surface area (Å²) in [6, 6.07) is 4.32. The monoisotopic (exact) mass is 264 g/mol. The second-order valence-corrected chi connectivity index (χ2v) is 5.30. The summed E-state index contributed by atoms with van der Waals surface area (Å²) in [6.45, 7) is 6.78. The van der Waals surface area contributed by atoms with Crippen LogP contribution in [-0.2, 0) is 12.8 Å². The molecule has 19 heavy (non-hydrogen) atoms. The van der Waals surface area contributed by atoms with Gasteiger partial charge in [-0.15, -0.1) is 0 Å². The van der Waals surface area contributed by atoms with E-state index in [9.17, 15) is 0 Å². The first-order valence-electron chi connectivity index (χ1n) is 7.39. The van der Waals surface area contributed by atoms with E-state index in [4.69, 9.17) is 9.47 Å². The Bertz CT molecular complexity index is 385. The molecule has 0 amide bonds. The fourth-order valence-electron chi connectivity index (χ4n) is 2.27. The van der Waals surface area contributed by atoms with E-state index in [1.807, 2.05) is 0 Å². The van der Waals surface area contributed by atoms with Gasteiger partial charge in [-0.2, -0.15) is 0 Å². The quantitative estimate of drug-likeness (QED) is 0.681. The van der Waals surface area contributed by atoms with Gasteiger partial charge >= 0.3 is 0 Å². The van der Waals surface area contributed by atoms with Crippen molar-refractivity contribution in [3.05, 3.63) is 23.3 Å². The molecule has 1 rings (SSSR count). The van der Waals surface area contributed by atoms with E-state index in [2.05, 4.69) is 32.9 Å². The van der Waals surface area contributed by atoms with Crippen LogP contribution in [0.2, 0.25) is 0 Å². The van der Waals surface area contributed by atoms with Gasteiger partial charge in [-0.1, -0.05) is 33.6 Å². The Morgan fingerprint density at radius 3 is 2.05 bits per heavy atom. The number of aryl methyl sites for hydroxylation is 1. The lowest BCUT2D eigenvalue weighted by Crippen LogP contribution is -2.04. The second-order valence-electron chi connectivity index (χ2n) is 5.30. The molecule has 0 heterocycles. The van der Waals surface area contributed by atoms with Crippen LogP contribution >= 0.6 is 0 Å². The van der Waals surface area contributed by atoms with Crippen LogP contribution in [0, 0.1) is 5.92 Å². The Morgan fingerprint density at radius 1 is 1.00 bits per heavy atom. The molecule has 1 unspecified atom stereocenters. The van der Waals surface area contributed by atoms with Crippen molar-refractivity contribution < 1.29 is 9.47 Å². The van der Waals surface area contributed by atoms with Gasteiger partial charge in [0.1, 0.15) is 0 Å². The average Bonchev–Trinajstić information content (AvgIpc) is 2.45. The van der Waals surface area contributed by atoms with Crippen LogP contribution in [-0.4, -0.2) is 14.2 Å². The third kappa shape index (κ3) is 4.45. The number of rotatable bonds is 8. The predicted molar refractivity (Wildman–Crippen MR) is 81.3 cm³/mol. The Morgan fingerprint density at radius 2 is 1.58 bits per heavy atom. The summed E-state index contributed by atoms with van der Waals surface area (Å²) in [6.07, 6.45) is 5.90. The third-order valence-electron chi connectivity index (χ3n) is 3.77. The number of ether oxygens (including phenoxy) is 2. The first kappa shape index (κ1) is 15.9. The number of unbranched alkanes of at least 4 members (excludes halogenated alkanes) is 1. The summed E-state index contributed by atoms with van der Waals surface area (Å²) in [5.74, 6) is 2.40. The van der Waals surface area contributed by atoms with Crippen LogP contribution in [0.5, 0.6) is 11.5 Å². The van der Waals surface area contributed by atoms with Crippen molar-refractivity contribution in [2.75, 3.05) is 14.2 Å². The van der Waals surface area contributed by atoms with E-state index < -0.39 is 0 Å². The molecule has 1 aromatic carbocycles. The summed E-state index contributed by atoms with van der Waals surface area (Å²) >= 11 is 0. The van der Waals surface area contributed by atoms with Crippen molar-refractivity contribution in [2.24, 2.45) is 5.92 Å². The van der Waals surface area contributed by atoms with Gasteiger partial charge in [0.15, 0.2) is 11.5 Å². The molecule has 0 aliphatic carbocycles. The van der Waals surface area contributed by atoms with Crippen molar-refractivity contribution >= 4 is 0 Å². The topological polar surface area (TPSA) is 18.5 Å². The highest BCUT2D eigenvalue weighted by Gasteiger charge is 2.12. The fourth-order valence-corrected chi connectivity index (χ4v) is 2.27. The summed E-state index contributed by atoms with van der Waals surface area (Å²) in [5.41, 5.74) is 2.83. The molecule has 0 bridgehead atoms. The molecule has 1 aromatic rings. The van der Waals surface area contributed by atoms with E-state index in [-0.39, 0.29) is 0 Å². The molecule has 0 N–H and O–H groups in total. The molecule has 0 saturated heterocycles. The molecule has 0 aliphatic rings. The number of methoxy groups -OCH3 is 2. The Kier molecular flexibility index (Phi) is 6.75. The molecule has 108 valence electrons. The number of hydrogen-bond donors (Lipinski definition) is 0. The van der Waals surface area contributed by atoms with Gasteiger partial charge in [0.25, 0.3) is 0 Å². The molecule has 2 nitrogen and oxygen atoms in total. The molecule has 0 fully saturated rings. The molecule has 0 radical (unpaired) electrons. The van der Waals surface area contributed by atoms with E-state index in [1.54, 1.807) is 14.2 Å². The maximum absolute atomic E-state index is 5.43. The molecular weight excluding hydrogens is 236 g/mol. The minimum Gasteiger partial charge on any atom is -0.493 e. The SMILES string of the molecule is CCCCc1cc(OC)c(OC)cc1CC(C)CC. The van der Waals surface area contributed by atoms with Crippen LogP contribution in [0.3, 0.4) is 0 Å². The van der Waals surface area contributed by atoms with E-state index >= 15 is 0 Å². The average molecular weight is 264 g/mol. The Balaban J connectivity index is 3.07. The first-order valence-corrected chi connectivity index (χ1v) is 7.39. The van der Waals surface area contributed by atoms with Crippen LogP contribution < -0.4 is 9.47 Å². The fraction of sp³-hybridized carbons (Fsp3) is 0.647. The Hall–Kier alpha value is -1.18. The van der Waals surface area contributed by atoms with Crippen molar-refractivity contribution in [1.82, 2.24) is 0 Å². The van der Waals surface area contributed by atoms with Gasteiger partial charge in [0, 0.05) is 0 Å². The lowest BCUT2D eigenvalue weighted by atomic mass is 9.92. The zero-order chi connectivity index (χ0) is 14.3. The molecule has 0 aliphatic heterocycles. The molecular formula is C17H28O2. The zero-order valence-electron chi connectivity index (χ0n) is 13.1. The zero-order valence-corrected chi connectivity index (χ0v) is 13.1. The van der Waals surface area contributed by atoms with Crippen molar-refractivity contribution in [3.63, 3.8) is 0 Å². The van der Waals surface area contributed by atoms with Gasteiger partial charge in [-0.25, -0.2) is 0 Å². The van der Waals surface area contributed by atoms with Crippen molar-refractivity contribution in [1.29, 1.82) is 0 Å². The molecule has 2 heteroatoms. The lowest BCUT2D eigenvalue weighted by molar-refractivity contribution is 0.353. The highest BCUT2D eigenvalue weighted by Crippen LogP contribution is 2.32. The summed E-state index contributed by atoms with van der Waals surface area (Å²) in [4.78, 5) is 0. The third-order valence-corrected chi connectivity index (χ3v) is 3.77. The van der Waals surface area contributed by atoms with Gasteiger partial charge in [0.2, 0.25) is 0 Å². The van der Waals surface area contributed by atoms with Crippen molar-refractivity contribution in [3.8, 4) is 11.5 Å². The lowest BCUT2D eigenvalue weighted by Gasteiger charge is -2.17. The van der Waals surface area contributed by atoms with Gasteiger partial charge in [-0.05, 0) is 48.4 Å². The number of hydrogen-bond acceptors (Lipinski definition) is 2. The van der Waals surface area contributed by atoms with Gasteiger partial charge in [0.05, 0.1) is 14.2 Å². The summed E-state index contributed by atoms with van der Waals surface area (Å²) in [5, 5.41) is 0. The summed E-state index contributed by atoms with van der Waals surface area (Å²) in [7, 11) is 3.41. The van der Waals surface area contributed by atoms with Crippen molar-refractivity contribution in [2.45, 2.75) is 52.9 Å². The normalized spacial score (nSPS) is 12.3. The highest BCUT2D eigenvalue weighted by atomic mass is 16.5. The minimum absolute atomic E-state index is 0.707. The second kappa shape index (κ2) is 8.08. The minimum atomic E-state index is 0.707. The molecule has 1 atom stereocenters. The maximum atomic E-state index is 5.43. The van der Waals surface area contributed by atoms with Crippen LogP contribution in [0.4, 0.5) is 0 Å². The van der Waals surface area contributed by atoms with Crippen LogP contribution in [0.15, 0.2) is 12.1 Å². The highest BCUT2D eigenvalue weighted by molar-refractivity contribution is 5.47. The van der Waals surface area contributed by atoms with E-state index in [0.717, 1.165) is 24.3 Å². The molecule has 0 spiro atoms. The maximum Gasteiger partial charge on any atom is 0.161 e. The van der Waals surface area contributed by atoms with Crippen LogP contribution in [0.25, 0.3) is 0 Å². The molecule has 0 aromatic heterocycles. The Labute approximate surface area is 118 Å². The van der Waals surface area contributed by atoms with Gasteiger partial charge in [-0.3, -0.25) is 0 Å². The number of benzene rings is 1. The first-order chi connectivity index (χ1) is 9.15. The van der Waals surface area contributed by atoms with E-state index in [1.165, 1.54) is 30.4 Å². The predicted octanol–water partition coefficient (Wildman–Crippen LogP) is 4.64. The molecule has 0 saturated carbocycles. The van der Waals surface area contributed by atoms with Crippen LogP contribution in [0.1, 0.15) is 51.2 Å². The smallest absolute Gasteiger partial charge is 0.161 e. The van der Waals surface area contributed by atoms with E-state index in [0.29, 0.717) is 5.92 Å². The largest absolute Gasteiger partial charge is 0.493 e.